The number of nitrogens with zero attached hydrogens (tertiary/aromatic N) is 3. The Labute approximate surface area is 254 Å². The Balaban J connectivity index is 1.19. The van der Waals surface area contributed by atoms with Gasteiger partial charge in [0.15, 0.2) is 0 Å². The van der Waals surface area contributed by atoms with Crippen LogP contribution in [0.25, 0.3) is 10.9 Å². The molecule has 44 heavy (non-hydrogen) atoms. The molecule has 4 heterocycles. The molecule has 0 spiro atoms. The Morgan fingerprint density at radius 2 is 1.68 bits per heavy atom. The molecular weight excluding hydrogens is 566 g/mol. The molecule has 228 valence electrons. The number of likely N-dealkylation sites (tertiary alicyclic amines) is 1. The molecule has 2 saturated heterocycles. The summed E-state index contributed by atoms with van der Waals surface area (Å²) in [5.41, 5.74) is 3.69. The van der Waals surface area contributed by atoms with E-state index in [-0.39, 0.29) is 36.5 Å². The number of halogens is 2. The zero-order valence-corrected chi connectivity index (χ0v) is 24.7. The van der Waals surface area contributed by atoms with E-state index in [2.05, 4.69) is 4.98 Å². The summed E-state index contributed by atoms with van der Waals surface area (Å²) in [5, 5.41) is 1.03. The van der Waals surface area contributed by atoms with Crippen molar-refractivity contribution in [3.8, 4) is 11.5 Å². The van der Waals surface area contributed by atoms with Gasteiger partial charge in [-0.1, -0.05) is 24.3 Å². The van der Waals surface area contributed by atoms with Crippen LogP contribution in [0.4, 0.5) is 8.78 Å². The Morgan fingerprint density at radius 3 is 2.41 bits per heavy atom. The van der Waals surface area contributed by atoms with Crippen molar-refractivity contribution in [1.29, 1.82) is 0 Å². The summed E-state index contributed by atoms with van der Waals surface area (Å²) in [6.07, 6.45) is 1.65. The third-order valence-corrected chi connectivity index (χ3v) is 9.47. The fraction of sp³-hybridized carbons (Fsp3) is 0.353. The maximum Gasteiger partial charge on any atom is 0.246 e. The molecule has 0 unspecified atom stereocenters. The van der Waals surface area contributed by atoms with Gasteiger partial charge in [0.1, 0.15) is 41.8 Å². The highest BCUT2D eigenvalue weighted by Gasteiger charge is 2.50. The van der Waals surface area contributed by atoms with E-state index in [0.717, 1.165) is 27.7 Å². The zero-order valence-electron chi connectivity index (χ0n) is 24.7. The number of fused-ring (bicyclic) bond motifs is 4. The Morgan fingerprint density at radius 1 is 0.932 bits per heavy atom. The van der Waals surface area contributed by atoms with Crippen LogP contribution in [0.3, 0.4) is 0 Å². The molecule has 0 radical (unpaired) electrons. The smallest absolute Gasteiger partial charge is 0.246 e. The highest BCUT2D eigenvalue weighted by Crippen LogP contribution is 2.46. The summed E-state index contributed by atoms with van der Waals surface area (Å²) < 4.78 is 39.7. The van der Waals surface area contributed by atoms with Gasteiger partial charge < -0.3 is 24.3 Å². The minimum absolute atomic E-state index is 0.0214. The van der Waals surface area contributed by atoms with Crippen molar-refractivity contribution in [3.05, 3.63) is 94.7 Å². The molecule has 2 amide bonds. The topological polar surface area (TPSA) is 78.1 Å². The first-order valence-corrected chi connectivity index (χ1v) is 15.0. The normalized spacial score (nSPS) is 21.0. The number of ether oxygens (including phenoxy) is 2. The average molecular weight is 601 g/mol. The molecule has 4 aromatic rings. The van der Waals surface area contributed by atoms with Crippen LogP contribution in [0.5, 0.6) is 11.5 Å². The van der Waals surface area contributed by atoms with Crippen LogP contribution in [-0.4, -0.2) is 77.4 Å². The molecule has 7 rings (SSSR count). The molecule has 2 atom stereocenters. The number of hydrogen-bond acceptors (Lipinski definition) is 5. The monoisotopic (exact) mass is 600 g/mol. The lowest BCUT2D eigenvalue weighted by molar-refractivity contribution is -0.161. The van der Waals surface area contributed by atoms with E-state index >= 15 is 0 Å². The van der Waals surface area contributed by atoms with Crippen LogP contribution in [0.2, 0.25) is 0 Å². The molecule has 0 aliphatic carbocycles. The predicted octanol–water partition coefficient (Wildman–Crippen LogP) is 4.81. The number of aromatic nitrogens is 1. The molecule has 2 fully saturated rings. The number of H-pyrrole nitrogens is 1. The van der Waals surface area contributed by atoms with E-state index in [1.165, 1.54) is 18.2 Å². The van der Waals surface area contributed by atoms with Gasteiger partial charge in [0.25, 0.3) is 0 Å². The number of aromatic amines is 1. The van der Waals surface area contributed by atoms with Crippen LogP contribution in [0, 0.1) is 11.6 Å². The van der Waals surface area contributed by atoms with Gasteiger partial charge in [-0.25, -0.2) is 8.78 Å². The lowest BCUT2D eigenvalue weighted by atomic mass is 9.85. The molecule has 1 N–H and O–H groups in total. The first-order valence-electron chi connectivity index (χ1n) is 15.0. The van der Waals surface area contributed by atoms with E-state index in [9.17, 15) is 18.4 Å². The lowest BCUT2D eigenvalue weighted by Crippen LogP contribution is -2.65. The van der Waals surface area contributed by atoms with Crippen LogP contribution in [0.15, 0.2) is 60.7 Å². The molecule has 8 nitrogen and oxygen atoms in total. The van der Waals surface area contributed by atoms with Gasteiger partial charge >= 0.3 is 0 Å². The minimum Gasteiger partial charge on any atom is -0.497 e. The number of hydrogen-bond donors (Lipinski definition) is 1. The van der Waals surface area contributed by atoms with Gasteiger partial charge in [-0.3, -0.25) is 14.5 Å². The average Bonchev–Trinajstić information content (AvgIpc) is 3.42. The first-order chi connectivity index (χ1) is 21.4. The molecule has 0 bridgehead atoms. The van der Waals surface area contributed by atoms with Gasteiger partial charge in [-0.15, -0.1) is 0 Å². The van der Waals surface area contributed by atoms with E-state index < -0.39 is 23.7 Å². The number of methoxy groups -OCH3 is 2. The van der Waals surface area contributed by atoms with Gasteiger partial charge in [-0.05, 0) is 48.7 Å². The van der Waals surface area contributed by atoms with E-state index in [0.29, 0.717) is 43.9 Å². The van der Waals surface area contributed by atoms with Crippen LogP contribution < -0.4 is 9.47 Å². The molecule has 3 aliphatic heterocycles. The highest BCUT2D eigenvalue weighted by atomic mass is 19.1. The maximum absolute atomic E-state index is 14.3. The number of para-hydroxylation sites is 1. The number of benzene rings is 3. The summed E-state index contributed by atoms with van der Waals surface area (Å²) in [4.78, 5) is 37.5. The number of carbonyl (C=O) groups excluding carboxylic acids is 2. The summed E-state index contributed by atoms with van der Waals surface area (Å²) in [6, 6.07) is 16.1. The van der Waals surface area contributed by atoms with Crippen LogP contribution >= 0.6 is 0 Å². The number of carbonyl (C=O) groups is 2. The molecule has 10 heteroatoms. The van der Waals surface area contributed by atoms with E-state index in [1.807, 2.05) is 41.3 Å². The zero-order chi connectivity index (χ0) is 30.5. The highest BCUT2D eigenvalue weighted by molar-refractivity contribution is 5.98. The number of piperazine rings is 1. The molecule has 1 aromatic heterocycles. The molecule has 3 aromatic carbocycles. The minimum atomic E-state index is -0.676. The molecular formula is C34H34F2N4O4. The summed E-state index contributed by atoms with van der Waals surface area (Å²) in [5.74, 6) is -0.108. The molecule has 0 saturated carbocycles. The summed E-state index contributed by atoms with van der Waals surface area (Å²) >= 11 is 0. The van der Waals surface area contributed by atoms with Crippen molar-refractivity contribution >= 4 is 22.7 Å². The second-order valence-electron chi connectivity index (χ2n) is 11.8. The van der Waals surface area contributed by atoms with Crippen molar-refractivity contribution in [2.75, 3.05) is 33.9 Å². The summed E-state index contributed by atoms with van der Waals surface area (Å²) in [6.45, 7) is 1.29. The second kappa shape index (κ2) is 11.2. The Bertz CT molecular complexity index is 1730. The van der Waals surface area contributed by atoms with E-state index in [4.69, 9.17) is 9.47 Å². The van der Waals surface area contributed by atoms with Crippen molar-refractivity contribution in [2.24, 2.45) is 0 Å². The van der Waals surface area contributed by atoms with Gasteiger partial charge in [0.05, 0.1) is 14.2 Å². The molecule has 3 aliphatic rings. The summed E-state index contributed by atoms with van der Waals surface area (Å²) in [7, 11) is 3.17. The SMILES string of the molecule is COc1ccc([C@@H]2c3[nH]c4ccccc4c3C[C@H]3C(=O)N(C4CCN(Cc5c(F)cccc5F)CC4)CC(=O)N23)c(OC)c1. The van der Waals surface area contributed by atoms with Crippen molar-refractivity contribution in [3.63, 3.8) is 0 Å². The van der Waals surface area contributed by atoms with Gasteiger partial charge in [0, 0.05) is 65.9 Å². The quantitative estimate of drug-likeness (QED) is 0.344. The van der Waals surface area contributed by atoms with Gasteiger partial charge in [0.2, 0.25) is 11.8 Å². The standard InChI is InChI=1S/C34H34F2N4O4/c1-43-21-10-11-23(30(16-21)44-2)33-32-24(22-6-3-4-9-28(22)37-32)17-29-34(42)39(19-31(41)40(29)33)20-12-14-38(15-13-20)18-25-26(35)7-5-8-27(25)36/h3-11,16,20,29,33,37H,12-15,17-19H2,1-2H3/t29-,33+/m0/s1. The number of nitrogens with one attached hydrogen (secondary N) is 1. The predicted molar refractivity (Wildman–Crippen MR) is 160 cm³/mol. The fourth-order valence-electron chi connectivity index (χ4n) is 7.26. The number of rotatable bonds is 6. The first kappa shape index (κ1) is 28.3. The third kappa shape index (κ3) is 4.68. The van der Waals surface area contributed by atoms with Crippen molar-refractivity contribution in [1.82, 2.24) is 19.7 Å². The maximum atomic E-state index is 14.3. The fourth-order valence-corrected chi connectivity index (χ4v) is 7.26. The van der Waals surface area contributed by atoms with Crippen LogP contribution in [-0.2, 0) is 22.6 Å². The Hall–Kier alpha value is -4.44. The van der Waals surface area contributed by atoms with Crippen molar-refractivity contribution < 1.29 is 27.8 Å². The third-order valence-electron chi connectivity index (χ3n) is 9.47. The van der Waals surface area contributed by atoms with Crippen LogP contribution in [0.1, 0.15) is 41.3 Å². The Kier molecular flexibility index (Phi) is 7.24. The largest absolute Gasteiger partial charge is 0.497 e. The van der Waals surface area contributed by atoms with Gasteiger partial charge in [-0.2, -0.15) is 0 Å². The lowest BCUT2D eigenvalue weighted by Gasteiger charge is -2.49. The number of amides is 2. The number of piperidine rings is 1. The second-order valence-corrected chi connectivity index (χ2v) is 11.8. The van der Waals surface area contributed by atoms with Crippen molar-refractivity contribution in [2.45, 2.75) is 43.9 Å². The van der Waals surface area contributed by atoms with E-state index in [1.54, 1.807) is 30.1 Å².